The molecule has 0 aromatic rings. The van der Waals surface area contributed by atoms with E-state index < -0.39 is 0 Å². The molecule has 0 fully saturated rings. The van der Waals surface area contributed by atoms with E-state index in [9.17, 15) is 9.59 Å². The Morgan fingerprint density at radius 3 is 1.49 bits per heavy atom. The van der Waals surface area contributed by atoms with E-state index in [0.717, 1.165) is 45.3 Å². The van der Waals surface area contributed by atoms with Gasteiger partial charge in [0.1, 0.15) is 0 Å². The second-order valence-electron chi connectivity index (χ2n) is 15.8. The molecule has 6 heteroatoms. The minimum Gasteiger partial charge on any atom is -0.356 e. The first-order valence-corrected chi connectivity index (χ1v) is 14.6. The zero-order valence-corrected chi connectivity index (χ0v) is 26.8. The maximum absolute atomic E-state index is 12.6. The van der Waals surface area contributed by atoms with Crippen LogP contribution in [0.1, 0.15) is 122 Å². The number of carbonyl (C=O) groups is 2. The molecule has 0 aliphatic rings. The molecule has 0 aromatic carbocycles. The molecule has 0 rings (SSSR count). The Morgan fingerprint density at radius 2 is 1.11 bits per heavy atom. The second-order valence-corrected chi connectivity index (χ2v) is 15.8. The van der Waals surface area contributed by atoms with Crippen molar-refractivity contribution in [3.05, 3.63) is 0 Å². The largest absolute Gasteiger partial charge is 0.356 e. The predicted molar refractivity (Wildman–Crippen MR) is 159 cm³/mol. The van der Waals surface area contributed by atoms with Gasteiger partial charge in [-0.2, -0.15) is 0 Å². The van der Waals surface area contributed by atoms with Crippen molar-refractivity contribution < 1.29 is 9.59 Å². The Labute approximate surface area is 230 Å². The molecular formula is C31H64N4O2. The quantitative estimate of drug-likeness (QED) is 0.218. The van der Waals surface area contributed by atoms with Crippen molar-refractivity contribution in [2.75, 3.05) is 39.3 Å². The smallest absolute Gasteiger partial charge is 0.221 e. The lowest BCUT2D eigenvalue weighted by Crippen LogP contribution is -2.39. The van der Waals surface area contributed by atoms with Crippen LogP contribution in [0.25, 0.3) is 0 Å². The van der Waals surface area contributed by atoms with Crippen LogP contribution >= 0.6 is 0 Å². The summed E-state index contributed by atoms with van der Waals surface area (Å²) in [5.41, 5.74) is 6.70. The van der Waals surface area contributed by atoms with Crippen molar-refractivity contribution in [2.45, 2.75) is 122 Å². The predicted octanol–water partition coefficient (Wildman–Crippen LogP) is 5.99. The fourth-order valence-electron chi connectivity index (χ4n) is 5.71. The molecular weight excluding hydrogens is 460 g/mol. The van der Waals surface area contributed by atoms with E-state index >= 15 is 0 Å². The molecule has 0 aliphatic carbocycles. The third-order valence-electron chi connectivity index (χ3n) is 7.13. The Morgan fingerprint density at radius 1 is 0.676 bits per heavy atom. The number of amides is 2. The molecule has 4 N–H and O–H groups in total. The molecule has 6 nitrogen and oxygen atoms in total. The van der Waals surface area contributed by atoms with Crippen LogP contribution < -0.4 is 16.4 Å². The van der Waals surface area contributed by atoms with E-state index in [1.54, 1.807) is 0 Å². The van der Waals surface area contributed by atoms with Gasteiger partial charge in [0, 0.05) is 32.5 Å². The van der Waals surface area contributed by atoms with Crippen molar-refractivity contribution in [2.24, 2.45) is 32.8 Å². The molecule has 2 amide bonds. The molecule has 0 bridgehead atoms. The van der Waals surface area contributed by atoms with Crippen LogP contribution in [0.3, 0.4) is 0 Å². The van der Waals surface area contributed by atoms with Gasteiger partial charge < -0.3 is 21.3 Å². The molecule has 0 aromatic heterocycles. The normalized spacial score (nSPS) is 15.0. The van der Waals surface area contributed by atoms with Gasteiger partial charge in [0.2, 0.25) is 11.8 Å². The van der Waals surface area contributed by atoms with Crippen LogP contribution in [0.15, 0.2) is 0 Å². The number of carbonyl (C=O) groups excluding carboxylic acids is 2. The van der Waals surface area contributed by atoms with Gasteiger partial charge in [-0.1, -0.05) is 83.1 Å². The Bertz CT molecular complexity index is 688. The molecule has 220 valence electrons. The van der Waals surface area contributed by atoms with Gasteiger partial charge >= 0.3 is 0 Å². The molecule has 0 saturated carbocycles. The summed E-state index contributed by atoms with van der Waals surface area (Å²) < 4.78 is 0. The van der Waals surface area contributed by atoms with Gasteiger partial charge in [-0.05, 0) is 72.4 Å². The summed E-state index contributed by atoms with van der Waals surface area (Å²) >= 11 is 0. The maximum atomic E-state index is 12.6. The van der Waals surface area contributed by atoms with E-state index in [1.165, 1.54) is 0 Å². The van der Waals surface area contributed by atoms with Crippen LogP contribution in [0.5, 0.6) is 0 Å². The van der Waals surface area contributed by atoms with Gasteiger partial charge in [0.25, 0.3) is 0 Å². The van der Waals surface area contributed by atoms with Crippen LogP contribution in [0.2, 0.25) is 0 Å². The fraction of sp³-hybridized carbons (Fsp3) is 0.935. The SMILES string of the molecule is CCN(CCC(=O)NCC(C)(C)CC(C)(C)C)CCC(C)(CN)CCC(=O)NCC(C)(C)CC(C)(C)C. The summed E-state index contributed by atoms with van der Waals surface area (Å²) in [5.74, 6) is 0.230. The lowest BCUT2D eigenvalue weighted by molar-refractivity contribution is -0.123. The number of nitrogens with zero attached hydrogens (tertiary/aromatic N) is 1. The molecule has 0 heterocycles. The highest BCUT2D eigenvalue weighted by Crippen LogP contribution is 2.33. The van der Waals surface area contributed by atoms with Crippen molar-refractivity contribution in [1.82, 2.24) is 15.5 Å². The van der Waals surface area contributed by atoms with E-state index in [-0.39, 0.29) is 38.9 Å². The van der Waals surface area contributed by atoms with Gasteiger partial charge in [-0.15, -0.1) is 0 Å². The monoisotopic (exact) mass is 525 g/mol. The van der Waals surface area contributed by atoms with Gasteiger partial charge in [0.15, 0.2) is 0 Å². The summed E-state index contributed by atoms with van der Waals surface area (Å²) in [6.45, 7) is 31.1. The van der Waals surface area contributed by atoms with Crippen LogP contribution in [-0.4, -0.2) is 56.0 Å². The summed E-state index contributed by atoms with van der Waals surface area (Å²) in [5, 5.41) is 6.30. The average Bonchev–Trinajstić information content (AvgIpc) is 2.72. The maximum Gasteiger partial charge on any atom is 0.221 e. The fourth-order valence-corrected chi connectivity index (χ4v) is 5.71. The Balaban J connectivity index is 4.56. The average molecular weight is 525 g/mol. The highest BCUT2D eigenvalue weighted by atomic mass is 16.2. The van der Waals surface area contributed by atoms with Gasteiger partial charge in [0.05, 0.1) is 0 Å². The first kappa shape index (κ1) is 35.9. The lowest BCUT2D eigenvalue weighted by atomic mass is 9.76. The number of hydrogen-bond donors (Lipinski definition) is 3. The molecule has 0 spiro atoms. The highest BCUT2D eigenvalue weighted by Gasteiger charge is 2.28. The lowest BCUT2D eigenvalue weighted by Gasteiger charge is -2.33. The summed E-state index contributed by atoms with van der Waals surface area (Å²) in [6.07, 6.45) is 4.81. The first-order valence-electron chi connectivity index (χ1n) is 14.6. The van der Waals surface area contributed by atoms with Crippen LogP contribution in [0.4, 0.5) is 0 Å². The summed E-state index contributed by atoms with van der Waals surface area (Å²) in [6, 6.07) is 0. The molecule has 0 aliphatic heterocycles. The molecule has 1 atom stereocenters. The van der Waals surface area contributed by atoms with Crippen molar-refractivity contribution in [3.63, 3.8) is 0 Å². The van der Waals surface area contributed by atoms with E-state index in [0.29, 0.717) is 32.5 Å². The summed E-state index contributed by atoms with van der Waals surface area (Å²) in [7, 11) is 0. The van der Waals surface area contributed by atoms with Crippen LogP contribution in [0, 0.1) is 27.1 Å². The van der Waals surface area contributed by atoms with E-state index in [2.05, 4.69) is 98.6 Å². The van der Waals surface area contributed by atoms with Crippen molar-refractivity contribution >= 4 is 11.8 Å². The summed E-state index contributed by atoms with van der Waals surface area (Å²) in [4.78, 5) is 27.4. The topological polar surface area (TPSA) is 87.5 Å². The zero-order valence-electron chi connectivity index (χ0n) is 26.8. The van der Waals surface area contributed by atoms with Crippen molar-refractivity contribution in [3.8, 4) is 0 Å². The first-order chi connectivity index (χ1) is 16.6. The third kappa shape index (κ3) is 18.7. The van der Waals surface area contributed by atoms with E-state index in [1.807, 2.05) is 0 Å². The molecule has 0 saturated heterocycles. The molecule has 1 unspecified atom stereocenters. The number of nitrogens with one attached hydrogen (secondary N) is 2. The number of hydrogen-bond acceptors (Lipinski definition) is 4. The standard InChI is InChI=1S/C31H64N4O2/c1-13-35(18-15-26(37)34-24-30(10,11)21-28(5,6)7)19-17-31(12,22-32)16-14-25(36)33-23-29(8,9)20-27(2,3)4/h13-24,32H2,1-12H3,(H,33,36)(H,34,37). The Kier molecular flexibility index (Phi) is 14.4. The zero-order chi connectivity index (χ0) is 29.1. The van der Waals surface area contributed by atoms with Crippen LogP contribution in [-0.2, 0) is 9.59 Å². The second kappa shape index (κ2) is 14.9. The molecule has 37 heavy (non-hydrogen) atoms. The van der Waals surface area contributed by atoms with Crippen molar-refractivity contribution in [1.29, 1.82) is 0 Å². The highest BCUT2D eigenvalue weighted by molar-refractivity contribution is 5.76. The number of rotatable bonds is 17. The minimum atomic E-state index is -0.0923. The molecule has 0 radical (unpaired) electrons. The minimum absolute atomic E-state index is 0.0708. The number of nitrogens with two attached hydrogens (primary N) is 1. The Hall–Kier alpha value is -1.14. The third-order valence-corrected chi connectivity index (χ3v) is 7.13. The van der Waals surface area contributed by atoms with Gasteiger partial charge in [-0.3, -0.25) is 9.59 Å². The van der Waals surface area contributed by atoms with Gasteiger partial charge in [-0.25, -0.2) is 0 Å². The van der Waals surface area contributed by atoms with E-state index in [4.69, 9.17) is 5.73 Å².